The summed E-state index contributed by atoms with van der Waals surface area (Å²) in [4.78, 5) is 12.0. The fraction of sp³-hybridized carbons (Fsp3) is 0.933. The van der Waals surface area contributed by atoms with Crippen molar-refractivity contribution in [3.8, 4) is 0 Å². The summed E-state index contributed by atoms with van der Waals surface area (Å²) in [6.45, 7) is 4.19. The molecule has 1 heterocycles. The lowest BCUT2D eigenvalue weighted by Gasteiger charge is -2.29. The summed E-state index contributed by atoms with van der Waals surface area (Å²) in [5.41, 5.74) is 0. The number of carbonyl (C=O) groups is 1. The molecule has 2 fully saturated rings. The Morgan fingerprint density at radius 1 is 1.11 bits per heavy atom. The van der Waals surface area contributed by atoms with Crippen LogP contribution in [-0.4, -0.2) is 25.0 Å². The maximum absolute atomic E-state index is 12.0. The topological polar surface area (TPSA) is 41.1 Å². The molecule has 0 bridgehead atoms. The second-order valence-corrected chi connectivity index (χ2v) is 6.04. The van der Waals surface area contributed by atoms with Crippen LogP contribution in [0.5, 0.6) is 0 Å². The van der Waals surface area contributed by atoms with Crippen molar-refractivity contribution in [2.75, 3.05) is 13.1 Å². The minimum Gasteiger partial charge on any atom is -0.354 e. The molecule has 1 aliphatic carbocycles. The summed E-state index contributed by atoms with van der Waals surface area (Å²) in [5.74, 6) is 1.89. The Morgan fingerprint density at radius 3 is 2.44 bits per heavy atom. The van der Waals surface area contributed by atoms with E-state index in [1.807, 2.05) is 0 Å². The molecule has 2 rings (SSSR count). The Balaban J connectivity index is 1.63. The van der Waals surface area contributed by atoms with Gasteiger partial charge < -0.3 is 10.6 Å². The summed E-state index contributed by atoms with van der Waals surface area (Å²) in [6, 6.07) is 0.0748. The summed E-state index contributed by atoms with van der Waals surface area (Å²) in [5, 5.41) is 6.46. The fourth-order valence-corrected chi connectivity index (χ4v) is 3.29. The molecule has 2 N–H and O–H groups in total. The summed E-state index contributed by atoms with van der Waals surface area (Å²) in [6.07, 6.45) is 10.1. The van der Waals surface area contributed by atoms with Crippen LogP contribution in [0.2, 0.25) is 0 Å². The van der Waals surface area contributed by atoms with Crippen molar-refractivity contribution in [3.63, 3.8) is 0 Å². The third kappa shape index (κ3) is 3.98. The van der Waals surface area contributed by atoms with E-state index in [1.54, 1.807) is 0 Å². The molecular weight excluding hydrogens is 224 g/mol. The normalized spacial score (nSPS) is 33.1. The van der Waals surface area contributed by atoms with Gasteiger partial charge in [0.2, 0.25) is 5.91 Å². The number of nitrogens with one attached hydrogen (secondary N) is 2. The highest BCUT2D eigenvalue weighted by Crippen LogP contribution is 2.30. The highest BCUT2D eigenvalue weighted by molar-refractivity contribution is 5.81. The van der Waals surface area contributed by atoms with E-state index in [9.17, 15) is 4.79 Å². The van der Waals surface area contributed by atoms with E-state index in [2.05, 4.69) is 17.6 Å². The number of carbonyl (C=O) groups excluding carboxylic acids is 1. The lowest BCUT2D eigenvalue weighted by Crippen LogP contribution is -2.47. The van der Waals surface area contributed by atoms with E-state index in [0.29, 0.717) is 0 Å². The lowest BCUT2D eigenvalue weighted by atomic mass is 9.81. The predicted molar refractivity (Wildman–Crippen MR) is 74.4 cm³/mol. The van der Waals surface area contributed by atoms with Crippen molar-refractivity contribution in [1.29, 1.82) is 0 Å². The standard InChI is InChI=1S/C15H28N2O/c1-2-12-6-8-13(9-7-12)11-17-15(18)14-5-3-4-10-16-14/h12-14,16H,2-11H2,1H3,(H,17,18)/t12?,13?,14-/m1/s1. The van der Waals surface area contributed by atoms with Crippen LogP contribution >= 0.6 is 0 Å². The van der Waals surface area contributed by atoms with Crippen LogP contribution in [0.25, 0.3) is 0 Å². The van der Waals surface area contributed by atoms with Gasteiger partial charge in [0, 0.05) is 6.54 Å². The van der Waals surface area contributed by atoms with Crippen molar-refractivity contribution in [2.24, 2.45) is 11.8 Å². The first-order valence-corrected chi connectivity index (χ1v) is 7.80. The molecule has 1 amide bonds. The van der Waals surface area contributed by atoms with Crippen LogP contribution < -0.4 is 10.6 Å². The van der Waals surface area contributed by atoms with Gasteiger partial charge in [0.25, 0.3) is 0 Å². The molecule has 3 heteroatoms. The van der Waals surface area contributed by atoms with Gasteiger partial charge in [-0.1, -0.05) is 32.6 Å². The molecule has 18 heavy (non-hydrogen) atoms. The maximum Gasteiger partial charge on any atom is 0.237 e. The largest absolute Gasteiger partial charge is 0.354 e. The Hall–Kier alpha value is -0.570. The molecular formula is C15H28N2O. The average molecular weight is 252 g/mol. The highest BCUT2D eigenvalue weighted by atomic mass is 16.2. The zero-order chi connectivity index (χ0) is 12.8. The van der Waals surface area contributed by atoms with Crippen LogP contribution in [-0.2, 0) is 4.79 Å². The average Bonchev–Trinajstić information content (AvgIpc) is 2.46. The van der Waals surface area contributed by atoms with Gasteiger partial charge in [-0.3, -0.25) is 4.79 Å². The molecule has 104 valence electrons. The van der Waals surface area contributed by atoms with Crippen LogP contribution in [0.3, 0.4) is 0 Å². The molecule has 0 aromatic carbocycles. The molecule has 0 unspecified atom stereocenters. The lowest BCUT2D eigenvalue weighted by molar-refractivity contribution is -0.123. The van der Waals surface area contributed by atoms with Gasteiger partial charge in [-0.25, -0.2) is 0 Å². The Labute approximate surface area is 111 Å². The van der Waals surface area contributed by atoms with Gasteiger partial charge in [-0.15, -0.1) is 0 Å². The molecule has 0 aromatic heterocycles. The molecule has 1 saturated carbocycles. The minimum atomic E-state index is 0.0748. The van der Waals surface area contributed by atoms with Crippen LogP contribution in [0.4, 0.5) is 0 Å². The van der Waals surface area contributed by atoms with Gasteiger partial charge in [0.05, 0.1) is 6.04 Å². The number of hydrogen-bond acceptors (Lipinski definition) is 2. The van der Waals surface area contributed by atoms with E-state index in [0.717, 1.165) is 31.3 Å². The van der Waals surface area contributed by atoms with Crippen molar-refractivity contribution in [2.45, 2.75) is 64.3 Å². The van der Waals surface area contributed by atoms with Crippen molar-refractivity contribution in [3.05, 3.63) is 0 Å². The van der Waals surface area contributed by atoms with E-state index >= 15 is 0 Å². The predicted octanol–water partition coefficient (Wildman–Crippen LogP) is 2.46. The first kappa shape index (κ1) is 13.9. The van der Waals surface area contributed by atoms with E-state index in [1.165, 1.54) is 44.9 Å². The minimum absolute atomic E-state index is 0.0748. The van der Waals surface area contributed by atoms with Gasteiger partial charge in [-0.05, 0) is 44.1 Å². The molecule has 0 spiro atoms. The first-order valence-electron chi connectivity index (χ1n) is 7.80. The van der Waals surface area contributed by atoms with Crippen LogP contribution in [0.1, 0.15) is 58.3 Å². The Morgan fingerprint density at radius 2 is 1.83 bits per heavy atom. The summed E-state index contributed by atoms with van der Waals surface area (Å²) in [7, 11) is 0. The van der Waals surface area contributed by atoms with E-state index in [4.69, 9.17) is 0 Å². The smallest absolute Gasteiger partial charge is 0.237 e. The van der Waals surface area contributed by atoms with Crippen LogP contribution in [0.15, 0.2) is 0 Å². The summed E-state index contributed by atoms with van der Waals surface area (Å²) >= 11 is 0. The molecule has 0 aromatic rings. The molecule has 1 atom stereocenters. The zero-order valence-corrected chi connectivity index (χ0v) is 11.7. The molecule has 1 saturated heterocycles. The van der Waals surface area contributed by atoms with Gasteiger partial charge >= 0.3 is 0 Å². The van der Waals surface area contributed by atoms with Gasteiger partial charge in [0.1, 0.15) is 0 Å². The van der Waals surface area contributed by atoms with Gasteiger partial charge in [0.15, 0.2) is 0 Å². The monoisotopic (exact) mass is 252 g/mol. The van der Waals surface area contributed by atoms with Crippen molar-refractivity contribution >= 4 is 5.91 Å². The molecule has 2 aliphatic rings. The molecule has 1 aliphatic heterocycles. The van der Waals surface area contributed by atoms with Crippen molar-refractivity contribution in [1.82, 2.24) is 10.6 Å². The Kier molecular flexibility index (Phi) is 5.48. The van der Waals surface area contributed by atoms with E-state index in [-0.39, 0.29) is 11.9 Å². The van der Waals surface area contributed by atoms with Crippen molar-refractivity contribution < 1.29 is 4.79 Å². The molecule has 3 nitrogen and oxygen atoms in total. The number of amides is 1. The number of rotatable bonds is 4. The summed E-state index contributed by atoms with van der Waals surface area (Å²) < 4.78 is 0. The van der Waals surface area contributed by atoms with E-state index < -0.39 is 0 Å². The van der Waals surface area contributed by atoms with Gasteiger partial charge in [-0.2, -0.15) is 0 Å². The third-order valence-electron chi connectivity index (χ3n) is 4.74. The number of piperidine rings is 1. The maximum atomic E-state index is 12.0. The number of hydrogen-bond donors (Lipinski definition) is 2. The zero-order valence-electron chi connectivity index (χ0n) is 11.7. The SMILES string of the molecule is CCC1CCC(CNC(=O)[C@H]2CCCCN2)CC1. The second-order valence-electron chi connectivity index (χ2n) is 6.04. The first-order chi connectivity index (χ1) is 8.79. The Bertz CT molecular complexity index is 253. The molecule has 0 radical (unpaired) electrons. The van der Waals surface area contributed by atoms with Crippen LogP contribution in [0, 0.1) is 11.8 Å². The highest BCUT2D eigenvalue weighted by Gasteiger charge is 2.23. The third-order valence-corrected chi connectivity index (χ3v) is 4.74. The fourth-order valence-electron chi connectivity index (χ4n) is 3.29. The quantitative estimate of drug-likeness (QED) is 0.807. The second kappa shape index (κ2) is 7.13.